The second kappa shape index (κ2) is 6.47. The van der Waals surface area contributed by atoms with Gasteiger partial charge in [-0.1, -0.05) is 28.4 Å². The number of benzene rings is 1. The van der Waals surface area contributed by atoms with Crippen molar-refractivity contribution in [2.45, 2.75) is 18.5 Å². The third-order valence-electron chi connectivity index (χ3n) is 3.25. The predicted molar refractivity (Wildman–Crippen MR) is 72.8 cm³/mol. The van der Waals surface area contributed by atoms with Gasteiger partial charge in [-0.25, -0.2) is 0 Å². The van der Waals surface area contributed by atoms with Crippen LogP contribution in [0.4, 0.5) is 0 Å². The lowest BCUT2D eigenvalue weighted by Gasteiger charge is -2.34. The second-order valence-corrected chi connectivity index (χ2v) is 4.45. The molecule has 0 aromatic heterocycles. The van der Waals surface area contributed by atoms with Gasteiger partial charge in [0, 0.05) is 34.5 Å². The predicted octanol–water partition coefficient (Wildman–Crippen LogP) is 2.89. The van der Waals surface area contributed by atoms with Crippen molar-refractivity contribution in [3.8, 4) is 0 Å². The highest BCUT2D eigenvalue weighted by Crippen LogP contribution is 2.19. The SMILES string of the molecule is [N-]=[N+]=NC1CCN(C(=O)c2ccccc2)CC1N=[N+]=[N-]. The number of piperidine rings is 1. The summed E-state index contributed by atoms with van der Waals surface area (Å²) in [5.41, 5.74) is 17.7. The van der Waals surface area contributed by atoms with Crippen LogP contribution in [0.15, 0.2) is 40.6 Å². The Morgan fingerprint density at radius 3 is 2.45 bits per heavy atom. The van der Waals surface area contributed by atoms with E-state index in [2.05, 4.69) is 20.1 Å². The number of carbonyl (C=O) groups is 1. The number of azide groups is 2. The molecule has 0 radical (unpaired) electrons. The fraction of sp³-hybridized carbons (Fsp3) is 0.417. The summed E-state index contributed by atoms with van der Waals surface area (Å²) in [6.45, 7) is 0.746. The van der Waals surface area contributed by atoms with Crippen molar-refractivity contribution in [1.82, 2.24) is 4.90 Å². The molecule has 1 fully saturated rings. The summed E-state index contributed by atoms with van der Waals surface area (Å²) in [6, 6.07) is 8.01. The van der Waals surface area contributed by atoms with Crippen LogP contribution in [0.3, 0.4) is 0 Å². The molecule has 1 aliphatic rings. The number of likely N-dealkylation sites (tertiary alicyclic amines) is 1. The zero-order valence-electron chi connectivity index (χ0n) is 10.7. The van der Waals surface area contributed by atoms with Crippen LogP contribution < -0.4 is 0 Å². The maximum Gasteiger partial charge on any atom is 0.253 e. The quantitative estimate of drug-likeness (QED) is 0.469. The van der Waals surface area contributed by atoms with Crippen molar-refractivity contribution in [1.29, 1.82) is 0 Å². The Kier molecular flexibility index (Phi) is 4.44. The fourth-order valence-electron chi connectivity index (χ4n) is 2.25. The summed E-state index contributed by atoms with van der Waals surface area (Å²) in [5, 5.41) is 7.26. The molecule has 8 heteroatoms. The highest BCUT2D eigenvalue weighted by Gasteiger charge is 2.30. The first-order chi connectivity index (χ1) is 9.76. The first-order valence-electron chi connectivity index (χ1n) is 6.19. The molecule has 8 nitrogen and oxygen atoms in total. The average Bonchev–Trinajstić information content (AvgIpc) is 2.50. The van der Waals surface area contributed by atoms with Crippen LogP contribution in [0, 0.1) is 0 Å². The monoisotopic (exact) mass is 271 g/mol. The van der Waals surface area contributed by atoms with Gasteiger partial charge in [0.1, 0.15) is 0 Å². The molecule has 2 atom stereocenters. The van der Waals surface area contributed by atoms with Crippen LogP contribution >= 0.6 is 0 Å². The molecule has 1 aromatic carbocycles. The van der Waals surface area contributed by atoms with Gasteiger partial charge in [-0.3, -0.25) is 4.79 Å². The zero-order valence-corrected chi connectivity index (χ0v) is 10.7. The molecule has 2 unspecified atom stereocenters. The molecule has 0 aliphatic carbocycles. The lowest BCUT2D eigenvalue weighted by molar-refractivity contribution is 0.0696. The Hall–Kier alpha value is -2.69. The van der Waals surface area contributed by atoms with Crippen LogP contribution in [-0.4, -0.2) is 36.0 Å². The van der Waals surface area contributed by atoms with Crippen LogP contribution in [-0.2, 0) is 0 Å². The van der Waals surface area contributed by atoms with E-state index in [1.807, 2.05) is 6.07 Å². The molecule has 20 heavy (non-hydrogen) atoms. The first kappa shape index (κ1) is 13.7. The second-order valence-electron chi connectivity index (χ2n) is 4.45. The molecule has 0 spiro atoms. The van der Waals surface area contributed by atoms with Crippen LogP contribution in [0.1, 0.15) is 16.8 Å². The van der Waals surface area contributed by atoms with Crippen molar-refractivity contribution >= 4 is 5.91 Å². The summed E-state index contributed by atoms with van der Waals surface area (Å²) in [4.78, 5) is 19.4. The number of nitrogens with zero attached hydrogens (tertiary/aromatic N) is 7. The molecule has 1 aromatic rings. The molecule has 1 saturated heterocycles. The number of rotatable bonds is 3. The summed E-state index contributed by atoms with van der Waals surface area (Å²) < 4.78 is 0. The van der Waals surface area contributed by atoms with Crippen molar-refractivity contribution in [3.63, 3.8) is 0 Å². The normalized spacial score (nSPS) is 21.5. The molecule has 102 valence electrons. The van der Waals surface area contributed by atoms with Gasteiger partial charge in [-0.15, -0.1) is 0 Å². The maximum absolute atomic E-state index is 12.3. The van der Waals surface area contributed by atoms with E-state index < -0.39 is 12.1 Å². The molecule has 0 N–H and O–H groups in total. The summed E-state index contributed by atoms with van der Waals surface area (Å²) in [5.74, 6) is -0.108. The lowest BCUT2D eigenvalue weighted by atomic mass is 10.00. The van der Waals surface area contributed by atoms with Gasteiger partial charge >= 0.3 is 0 Å². The van der Waals surface area contributed by atoms with Gasteiger partial charge in [-0.2, -0.15) is 0 Å². The Labute approximate surface area is 115 Å². The number of hydrogen-bond acceptors (Lipinski definition) is 3. The van der Waals surface area contributed by atoms with E-state index in [-0.39, 0.29) is 12.5 Å². The lowest BCUT2D eigenvalue weighted by Crippen LogP contribution is -2.47. The number of carbonyl (C=O) groups excluding carboxylic acids is 1. The standard InChI is InChI=1S/C12H13N7O/c13-17-15-10-6-7-19(8-11(10)16-18-14)12(20)9-4-2-1-3-5-9/h1-5,10-11H,6-8H2. The Bertz CT molecular complexity index is 575. The third-order valence-corrected chi connectivity index (χ3v) is 3.25. The molecular formula is C12H13N7O. The van der Waals surface area contributed by atoms with Crippen LogP contribution in [0.5, 0.6) is 0 Å². The smallest absolute Gasteiger partial charge is 0.253 e. The average molecular weight is 271 g/mol. The van der Waals surface area contributed by atoms with Gasteiger partial charge in [-0.05, 0) is 29.6 Å². The molecule has 1 aliphatic heterocycles. The Morgan fingerprint density at radius 1 is 1.15 bits per heavy atom. The van der Waals surface area contributed by atoms with E-state index in [0.717, 1.165) is 0 Å². The van der Waals surface area contributed by atoms with E-state index in [1.54, 1.807) is 29.2 Å². The minimum atomic E-state index is -0.516. The number of amides is 1. The summed E-state index contributed by atoms with van der Waals surface area (Å²) in [7, 11) is 0. The molecule has 1 heterocycles. The van der Waals surface area contributed by atoms with E-state index in [1.165, 1.54) is 0 Å². The van der Waals surface area contributed by atoms with Crippen molar-refractivity contribution < 1.29 is 4.79 Å². The molecule has 1 amide bonds. The fourth-order valence-corrected chi connectivity index (χ4v) is 2.25. The molecule has 2 rings (SSSR count). The van der Waals surface area contributed by atoms with Gasteiger partial charge in [0.05, 0.1) is 6.04 Å². The minimum absolute atomic E-state index is 0.108. The molecular weight excluding hydrogens is 258 g/mol. The van der Waals surface area contributed by atoms with Crippen LogP contribution in [0.2, 0.25) is 0 Å². The number of hydrogen-bond donors (Lipinski definition) is 0. The first-order valence-corrected chi connectivity index (χ1v) is 6.19. The van der Waals surface area contributed by atoms with Gasteiger partial charge in [0.25, 0.3) is 5.91 Å². The Morgan fingerprint density at radius 2 is 1.80 bits per heavy atom. The van der Waals surface area contributed by atoms with Gasteiger partial charge in [0.2, 0.25) is 0 Å². The van der Waals surface area contributed by atoms with Gasteiger partial charge < -0.3 is 4.90 Å². The largest absolute Gasteiger partial charge is 0.338 e. The summed E-state index contributed by atoms with van der Waals surface area (Å²) >= 11 is 0. The third kappa shape index (κ3) is 3.00. The maximum atomic E-state index is 12.3. The Balaban J connectivity index is 2.14. The van der Waals surface area contributed by atoms with E-state index >= 15 is 0 Å². The van der Waals surface area contributed by atoms with E-state index in [9.17, 15) is 4.79 Å². The molecule has 0 bridgehead atoms. The zero-order chi connectivity index (χ0) is 14.4. The highest BCUT2D eigenvalue weighted by molar-refractivity contribution is 5.94. The minimum Gasteiger partial charge on any atom is -0.338 e. The highest BCUT2D eigenvalue weighted by atomic mass is 16.2. The topological polar surface area (TPSA) is 118 Å². The van der Waals surface area contributed by atoms with Gasteiger partial charge in [0.15, 0.2) is 0 Å². The van der Waals surface area contributed by atoms with Crippen molar-refractivity contribution in [2.75, 3.05) is 13.1 Å². The van der Waals surface area contributed by atoms with E-state index in [4.69, 9.17) is 11.1 Å². The summed E-state index contributed by atoms with van der Waals surface area (Å²) in [6.07, 6.45) is 0.492. The van der Waals surface area contributed by atoms with Crippen molar-refractivity contribution in [3.05, 3.63) is 56.8 Å². The van der Waals surface area contributed by atoms with E-state index in [0.29, 0.717) is 18.5 Å². The van der Waals surface area contributed by atoms with Crippen molar-refractivity contribution in [2.24, 2.45) is 10.2 Å². The molecule has 0 saturated carbocycles. The van der Waals surface area contributed by atoms with Crippen LogP contribution in [0.25, 0.3) is 20.9 Å².